The maximum atomic E-state index is 12.6. The lowest BCUT2D eigenvalue weighted by molar-refractivity contribution is 0.102. The highest BCUT2D eigenvalue weighted by Crippen LogP contribution is 2.40. The fourth-order valence-corrected chi connectivity index (χ4v) is 2.71. The Morgan fingerprint density at radius 2 is 1.64 bits per heavy atom. The molecule has 0 aliphatic carbocycles. The van der Waals surface area contributed by atoms with Crippen LogP contribution in [0.2, 0.25) is 0 Å². The third-order valence-corrected chi connectivity index (χ3v) is 3.95. The Hall–Kier alpha value is -3.15. The molecule has 0 saturated carbocycles. The highest BCUT2D eigenvalue weighted by Gasteiger charge is 2.16. The maximum Gasteiger partial charge on any atom is 0.272 e. The zero-order valence-electron chi connectivity index (χ0n) is 14.6. The third kappa shape index (κ3) is 3.24. The van der Waals surface area contributed by atoms with Gasteiger partial charge in [-0.15, -0.1) is 0 Å². The first kappa shape index (κ1) is 16.7. The molecule has 3 rings (SSSR count). The van der Waals surface area contributed by atoms with Gasteiger partial charge in [0.05, 0.1) is 21.3 Å². The molecular formula is C19H20N2O4. The minimum atomic E-state index is -0.247. The molecule has 0 unspecified atom stereocenters. The average Bonchev–Trinajstić information content (AvgIpc) is 3.04. The molecule has 2 aromatic carbocycles. The normalized spacial score (nSPS) is 10.6. The molecule has 25 heavy (non-hydrogen) atoms. The van der Waals surface area contributed by atoms with Gasteiger partial charge in [0.1, 0.15) is 5.69 Å². The zero-order chi connectivity index (χ0) is 18.0. The van der Waals surface area contributed by atoms with Crippen molar-refractivity contribution in [3.05, 3.63) is 47.7 Å². The number of rotatable bonds is 5. The number of fused-ring (bicyclic) bond motifs is 1. The van der Waals surface area contributed by atoms with Crippen molar-refractivity contribution in [2.75, 3.05) is 26.6 Å². The number of hydrogen-bond acceptors (Lipinski definition) is 4. The van der Waals surface area contributed by atoms with Gasteiger partial charge in [0.15, 0.2) is 11.5 Å². The minimum absolute atomic E-state index is 0.247. The van der Waals surface area contributed by atoms with Crippen molar-refractivity contribution in [3.8, 4) is 17.2 Å². The molecule has 6 heteroatoms. The molecule has 1 amide bonds. The number of nitrogens with one attached hydrogen (secondary N) is 2. The topological polar surface area (TPSA) is 72.6 Å². The van der Waals surface area contributed by atoms with Gasteiger partial charge in [-0.2, -0.15) is 0 Å². The number of ether oxygens (including phenoxy) is 3. The highest BCUT2D eigenvalue weighted by molar-refractivity contribution is 6.06. The summed E-state index contributed by atoms with van der Waals surface area (Å²) in [7, 11) is 4.59. The Labute approximate surface area is 145 Å². The number of aromatic amines is 1. The summed E-state index contributed by atoms with van der Waals surface area (Å²) in [5.74, 6) is 1.18. The molecule has 0 spiro atoms. The van der Waals surface area contributed by atoms with Gasteiger partial charge in [0, 0.05) is 28.7 Å². The van der Waals surface area contributed by atoms with Crippen molar-refractivity contribution in [1.29, 1.82) is 0 Å². The number of carbonyl (C=O) groups excluding carboxylic acids is 1. The number of aryl methyl sites for hydroxylation is 1. The monoisotopic (exact) mass is 340 g/mol. The summed E-state index contributed by atoms with van der Waals surface area (Å²) >= 11 is 0. The lowest BCUT2D eigenvalue weighted by atomic mass is 10.2. The molecule has 130 valence electrons. The van der Waals surface area contributed by atoms with E-state index in [9.17, 15) is 4.79 Å². The second-order valence-electron chi connectivity index (χ2n) is 5.64. The molecule has 1 aromatic heterocycles. The van der Waals surface area contributed by atoms with Gasteiger partial charge in [-0.25, -0.2) is 0 Å². The second kappa shape index (κ2) is 6.76. The average molecular weight is 340 g/mol. The summed E-state index contributed by atoms with van der Waals surface area (Å²) in [6.45, 7) is 2.01. The molecule has 2 N–H and O–H groups in total. The van der Waals surface area contributed by atoms with Crippen LogP contribution in [-0.2, 0) is 0 Å². The number of anilines is 1. The van der Waals surface area contributed by atoms with Gasteiger partial charge in [-0.05, 0) is 24.6 Å². The van der Waals surface area contributed by atoms with E-state index in [1.807, 2.05) is 31.2 Å². The van der Waals surface area contributed by atoms with E-state index < -0.39 is 0 Å². The van der Waals surface area contributed by atoms with Crippen LogP contribution in [-0.4, -0.2) is 32.2 Å². The van der Waals surface area contributed by atoms with E-state index >= 15 is 0 Å². The fourth-order valence-electron chi connectivity index (χ4n) is 2.71. The quantitative estimate of drug-likeness (QED) is 0.742. The fraction of sp³-hybridized carbons (Fsp3) is 0.211. The first-order valence-electron chi connectivity index (χ1n) is 7.76. The molecule has 0 aliphatic rings. The molecule has 0 saturated heterocycles. The predicted octanol–water partition coefficient (Wildman–Crippen LogP) is 3.75. The maximum absolute atomic E-state index is 12.6. The van der Waals surface area contributed by atoms with Crippen molar-refractivity contribution in [3.63, 3.8) is 0 Å². The summed E-state index contributed by atoms with van der Waals surface area (Å²) in [5.41, 5.74) is 3.09. The number of methoxy groups -OCH3 is 3. The molecule has 0 bridgehead atoms. The van der Waals surface area contributed by atoms with Gasteiger partial charge in [-0.1, -0.05) is 12.1 Å². The SMILES string of the molecule is COc1cc(NC(=O)c2cc3ccc(C)cc3[nH]2)cc(OC)c1OC. The van der Waals surface area contributed by atoms with Crippen LogP contribution in [0.4, 0.5) is 5.69 Å². The third-order valence-electron chi connectivity index (χ3n) is 3.95. The van der Waals surface area contributed by atoms with Gasteiger partial charge in [0.25, 0.3) is 5.91 Å². The number of H-pyrrole nitrogens is 1. The van der Waals surface area contributed by atoms with Crippen LogP contribution in [0.25, 0.3) is 10.9 Å². The number of benzene rings is 2. The molecule has 0 aliphatic heterocycles. The summed E-state index contributed by atoms with van der Waals surface area (Å²) in [5, 5.41) is 3.84. The van der Waals surface area contributed by atoms with Crippen molar-refractivity contribution in [2.24, 2.45) is 0 Å². The standard InChI is InChI=1S/C19H20N2O4/c1-11-5-6-12-8-15(21-14(12)7-11)19(22)20-13-9-16(23-2)18(25-4)17(10-13)24-3/h5-10,21H,1-4H3,(H,20,22). The molecule has 0 atom stereocenters. The van der Waals surface area contributed by atoms with E-state index in [1.165, 1.54) is 21.3 Å². The van der Waals surface area contributed by atoms with E-state index in [1.54, 1.807) is 12.1 Å². The van der Waals surface area contributed by atoms with E-state index in [2.05, 4.69) is 10.3 Å². The number of carbonyl (C=O) groups is 1. The largest absolute Gasteiger partial charge is 0.493 e. The Kier molecular flexibility index (Phi) is 4.52. The lowest BCUT2D eigenvalue weighted by Gasteiger charge is -2.14. The molecular weight excluding hydrogens is 320 g/mol. The highest BCUT2D eigenvalue weighted by atomic mass is 16.5. The van der Waals surface area contributed by atoms with E-state index in [0.717, 1.165) is 16.5 Å². The molecule has 3 aromatic rings. The van der Waals surface area contributed by atoms with E-state index in [-0.39, 0.29) is 5.91 Å². The minimum Gasteiger partial charge on any atom is -0.493 e. The van der Waals surface area contributed by atoms with Gasteiger partial charge in [-0.3, -0.25) is 4.79 Å². The Morgan fingerprint density at radius 1 is 0.960 bits per heavy atom. The summed E-state index contributed by atoms with van der Waals surface area (Å²) in [6, 6.07) is 11.2. The van der Waals surface area contributed by atoms with E-state index in [4.69, 9.17) is 14.2 Å². The first-order chi connectivity index (χ1) is 12.0. The Morgan fingerprint density at radius 3 is 2.24 bits per heavy atom. The van der Waals surface area contributed by atoms with Crippen molar-refractivity contribution in [1.82, 2.24) is 4.98 Å². The van der Waals surface area contributed by atoms with Crippen LogP contribution in [0, 0.1) is 6.92 Å². The number of hydrogen-bond donors (Lipinski definition) is 2. The zero-order valence-corrected chi connectivity index (χ0v) is 14.6. The molecule has 0 fully saturated rings. The van der Waals surface area contributed by atoms with Crippen molar-refractivity contribution in [2.45, 2.75) is 6.92 Å². The summed E-state index contributed by atoms with van der Waals surface area (Å²) < 4.78 is 15.9. The summed E-state index contributed by atoms with van der Waals surface area (Å²) in [6.07, 6.45) is 0. The lowest BCUT2D eigenvalue weighted by Crippen LogP contribution is -2.12. The second-order valence-corrected chi connectivity index (χ2v) is 5.64. The van der Waals surface area contributed by atoms with Crippen LogP contribution in [0.15, 0.2) is 36.4 Å². The van der Waals surface area contributed by atoms with Crippen molar-refractivity contribution < 1.29 is 19.0 Å². The van der Waals surface area contributed by atoms with E-state index in [0.29, 0.717) is 28.6 Å². The van der Waals surface area contributed by atoms with Crippen LogP contribution < -0.4 is 19.5 Å². The van der Waals surface area contributed by atoms with Crippen LogP contribution in [0.5, 0.6) is 17.2 Å². The first-order valence-corrected chi connectivity index (χ1v) is 7.76. The number of amides is 1. The van der Waals surface area contributed by atoms with Gasteiger partial charge >= 0.3 is 0 Å². The molecule has 0 radical (unpaired) electrons. The smallest absolute Gasteiger partial charge is 0.272 e. The summed E-state index contributed by atoms with van der Waals surface area (Å²) in [4.78, 5) is 15.7. The van der Waals surface area contributed by atoms with Crippen LogP contribution in [0.1, 0.15) is 16.1 Å². The van der Waals surface area contributed by atoms with Crippen LogP contribution in [0.3, 0.4) is 0 Å². The Bertz CT molecular complexity index is 905. The number of aromatic nitrogens is 1. The van der Waals surface area contributed by atoms with Gasteiger partial charge < -0.3 is 24.5 Å². The van der Waals surface area contributed by atoms with Crippen molar-refractivity contribution >= 4 is 22.5 Å². The Balaban J connectivity index is 1.91. The molecule has 1 heterocycles. The molecule has 6 nitrogen and oxygen atoms in total. The predicted molar refractivity (Wildman–Crippen MR) is 97.1 cm³/mol. The van der Waals surface area contributed by atoms with Crippen LogP contribution >= 0.6 is 0 Å². The van der Waals surface area contributed by atoms with Gasteiger partial charge in [0.2, 0.25) is 5.75 Å².